The Labute approximate surface area is 221 Å². The second-order valence-electron chi connectivity index (χ2n) is 9.49. The van der Waals surface area contributed by atoms with E-state index in [2.05, 4.69) is 20.3 Å². The predicted octanol–water partition coefficient (Wildman–Crippen LogP) is 2.12. The second kappa shape index (κ2) is 11.3. The first-order valence-electron chi connectivity index (χ1n) is 11.4. The van der Waals surface area contributed by atoms with Crippen LogP contribution in [0.25, 0.3) is 11.4 Å². The third-order valence-corrected chi connectivity index (χ3v) is 7.03. The van der Waals surface area contributed by atoms with Crippen LogP contribution in [0.15, 0.2) is 24.5 Å². The van der Waals surface area contributed by atoms with E-state index in [4.69, 9.17) is 21.1 Å². The minimum absolute atomic E-state index is 0.0273. The molecule has 3 heterocycles. The van der Waals surface area contributed by atoms with Crippen molar-refractivity contribution in [1.29, 1.82) is 0 Å². The SMILES string of the molecule is CNC(=O)c1cc(-c2cc(C3C(COC)N(C(=O)OC(C)(C)C)CCN3S(C)(=O)=O)cc(Cl)n2)ncn1. The number of nitrogens with zero attached hydrogens (tertiary/aromatic N) is 5. The number of rotatable bonds is 6. The van der Waals surface area contributed by atoms with E-state index in [0.717, 1.165) is 6.26 Å². The number of carbonyl (C=O) groups is 2. The zero-order valence-corrected chi connectivity index (χ0v) is 23.1. The molecule has 1 N–H and O–H groups in total. The Morgan fingerprint density at radius 2 is 1.86 bits per heavy atom. The maximum absolute atomic E-state index is 13.1. The highest BCUT2D eigenvalue weighted by molar-refractivity contribution is 7.88. The van der Waals surface area contributed by atoms with E-state index >= 15 is 0 Å². The Morgan fingerprint density at radius 3 is 2.46 bits per heavy atom. The molecule has 1 fully saturated rings. The van der Waals surface area contributed by atoms with Crippen LogP contribution < -0.4 is 5.32 Å². The van der Waals surface area contributed by atoms with Crippen molar-refractivity contribution in [1.82, 2.24) is 29.5 Å². The Hall–Kier alpha value is -2.87. The number of nitrogens with one attached hydrogen (secondary N) is 1. The summed E-state index contributed by atoms with van der Waals surface area (Å²) in [5, 5.41) is 2.57. The fourth-order valence-corrected chi connectivity index (χ4v) is 5.41. The third-order valence-electron chi connectivity index (χ3n) is 5.57. The molecule has 2 unspecified atom stereocenters. The molecule has 12 nitrogen and oxygen atoms in total. The molecule has 2 atom stereocenters. The van der Waals surface area contributed by atoms with E-state index in [0.29, 0.717) is 17.0 Å². The van der Waals surface area contributed by atoms with Gasteiger partial charge in [-0.25, -0.2) is 28.2 Å². The number of hydrogen-bond donors (Lipinski definition) is 1. The van der Waals surface area contributed by atoms with E-state index in [1.165, 1.54) is 41.8 Å². The van der Waals surface area contributed by atoms with Gasteiger partial charge in [-0.1, -0.05) is 11.6 Å². The molecule has 0 radical (unpaired) electrons. The van der Waals surface area contributed by atoms with Gasteiger partial charge >= 0.3 is 6.09 Å². The molecule has 1 aliphatic rings. The van der Waals surface area contributed by atoms with Crippen molar-refractivity contribution in [2.24, 2.45) is 0 Å². The van der Waals surface area contributed by atoms with Crippen LogP contribution in [0.3, 0.4) is 0 Å². The highest BCUT2D eigenvalue weighted by Gasteiger charge is 2.45. The van der Waals surface area contributed by atoms with Crippen LogP contribution in [0.1, 0.15) is 42.9 Å². The van der Waals surface area contributed by atoms with Crippen molar-refractivity contribution >= 4 is 33.6 Å². The summed E-state index contributed by atoms with van der Waals surface area (Å²) < 4.78 is 38.0. The van der Waals surface area contributed by atoms with E-state index < -0.39 is 39.7 Å². The molecular formula is C23H31ClN6O6S. The second-order valence-corrected chi connectivity index (χ2v) is 11.8. The third kappa shape index (κ3) is 6.92. The fraction of sp³-hybridized carbons (Fsp3) is 0.522. The average molecular weight is 555 g/mol. The highest BCUT2D eigenvalue weighted by Crippen LogP contribution is 2.36. The maximum Gasteiger partial charge on any atom is 0.410 e. The number of pyridine rings is 1. The first-order valence-corrected chi connectivity index (χ1v) is 13.6. The number of sulfonamides is 1. The van der Waals surface area contributed by atoms with Gasteiger partial charge in [-0.3, -0.25) is 9.69 Å². The minimum Gasteiger partial charge on any atom is -0.444 e. The first kappa shape index (κ1) is 28.7. The summed E-state index contributed by atoms with van der Waals surface area (Å²) in [5.41, 5.74) is 0.455. The van der Waals surface area contributed by atoms with Gasteiger partial charge in [-0.15, -0.1) is 0 Å². The molecule has 202 valence electrons. The number of ether oxygens (including phenoxy) is 2. The lowest BCUT2D eigenvalue weighted by Gasteiger charge is -2.46. The van der Waals surface area contributed by atoms with Gasteiger partial charge in [-0.05, 0) is 44.5 Å². The van der Waals surface area contributed by atoms with Gasteiger partial charge in [0.25, 0.3) is 5.91 Å². The summed E-state index contributed by atoms with van der Waals surface area (Å²) in [6.45, 7) is 5.43. The van der Waals surface area contributed by atoms with Crippen molar-refractivity contribution in [2.45, 2.75) is 38.5 Å². The molecule has 2 aromatic rings. The lowest BCUT2D eigenvalue weighted by Crippen LogP contribution is -2.60. The molecule has 0 aromatic carbocycles. The van der Waals surface area contributed by atoms with Crippen molar-refractivity contribution in [3.63, 3.8) is 0 Å². The molecule has 2 aromatic heterocycles. The molecule has 2 amide bonds. The van der Waals surface area contributed by atoms with Gasteiger partial charge in [0.15, 0.2) is 0 Å². The lowest BCUT2D eigenvalue weighted by atomic mass is 9.96. The van der Waals surface area contributed by atoms with Crippen LogP contribution in [-0.4, -0.2) is 96.3 Å². The van der Waals surface area contributed by atoms with Crippen molar-refractivity contribution in [3.05, 3.63) is 40.9 Å². The van der Waals surface area contributed by atoms with Crippen LogP contribution in [0.4, 0.5) is 4.79 Å². The topological polar surface area (TPSA) is 144 Å². The van der Waals surface area contributed by atoms with Crippen LogP contribution in [0, 0.1) is 0 Å². The number of methoxy groups -OCH3 is 1. The largest absolute Gasteiger partial charge is 0.444 e. The number of hydrogen-bond acceptors (Lipinski definition) is 9. The molecule has 0 saturated carbocycles. The number of carbonyl (C=O) groups excluding carboxylic acids is 2. The zero-order chi connectivity index (χ0) is 27.5. The summed E-state index contributed by atoms with van der Waals surface area (Å²) in [6, 6.07) is 3.02. The maximum atomic E-state index is 13.1. The molecule has 1 saturated heterocycles. The monoisotopic (exact) mass is 554 g/mol. The van der Waals surface area contributed by atoms with Crippen LogP contribution in [-0.2, 0) is 19.5 Å². The first-order chi connectivity index (χ1) is 17.2. The number of amides is 2. The van der Waals surface area contributed by atoms with Crippen LogP contribution in [0.2, 0.25) is 5.15 Å². The standard InChI is InChI=1S/C23H31ClN6O6S/c1-23(2,3)36-22(32)29-7-8-30(37(6,33)34)20(18(29)12-35-5)14-9-16(28-19(24)10-14)15-11-17(21(31)25-4)27-13-26-15/h9-11,13,18,20H,7-8,12H2,1-6H3,(H,25,31). The number of halogens is 1. The summed E-state index contributed by atoms with van der Waals surface area (Å²) in [7, 11) is -0.764. The highest BCUT2D eigenvalue weighted by atomic mass is 35.5. The number of aromatic nitrogens is 3. The average Bonchev–Trinajstić information content (AvgIpc) is 2.81. The van der Waals surface area contributed by atoms with Crippen LogP contribution in [0.5, 0.6) is 0 Å². The Morgan fingerprint density at radius 1 is 1.16 bits per heavy atom. The summed E-state index contributed by atoms with van der Waals surface area (Å²) in [4.78, 5) is 39.1. The van der Waals surface area contributed by atoms with E-state index in [9.17, 15) is 18.0 Å². The quantitative estimate of drug-likeness (QED) is 0.531. The molecular weight excluding hydrogens is 524 g/mol. The summed E-state index contributed by atoms with van der Waals surface area (Å²) in [5.74, 6) is -0.408. The van der Waals surface area contributed by atoms with Crippen molar-refractivity contribution < 1.29 is 27.5 Å². The molecule has 37 heavy (non-hydrogen) atoms. The molecule has 0 bridgehead atoms. The molecule has 3 rings (SSSR count). The Balaban J connectivity index is 2.14. The lowest BCUT2D eigenvalue weighted by molar-refractivity contribution is -0.0224. The smallest absolute Gasteiger partial charge is 0.410 e. The predicted molar refractivity (Wildman–Crippen MR) is 137 cm³/mol. The molecule has 0 aliphatic carbocycles. The van der Waals surface area contributed by atoms with E-state index in [1.807, 2.05) is 0 Å². The van der Waals surface area contributed by atoms with Gasteiger partial charge < -0.3 is 14.8 Å². The van der Waals surface area contributed by atoms with Crippen molar-refractivity contribution in [2.75, 3.05) is 40.1 Å². The molecule has 1 aliphatic heterocycles. The van der Waals surface area contributed by atoms with Crippen LogP contribution >= 0.6 is 11.6 Å². The van der Waals surface area contributed by atoms with Gasteiger partial charge in [0, 0.05) is 27.2 Å². The fourth-order valence-electron chi connectivity index (χ4n) is 4.10. The molecule has 14 heteroatoms. The molecule has 0 spiro atoms. The van der Waals surface area contributed by atoms with Crippen molar-refractivity contribution in [3.8, 4) is 11.4 Å². The van der Waals surface area contributed by atoms with Gasteiger partial charge in [0.05, 0.1) is 36.3 Å². The summed E-state index contributed by atoms with van der Waals surface area (Å²) >= 11 is 6.38. The Bertz CT molecular complexity index is 1270. The van der Waals surface area contributed by atoms with Gasteiger partial charge in [0.1, 0.15) is 22.8 Å². The minimum atomic E-state index is -3.71. The number of piperazine rings is 1. The van der Waals surface area contributed by atoms with E-state index in [1.54, 1.807) is 26.8 Å². The van der Waals surface area contributed by atoms with Gasteiger partial charge in [-0.2, -0.15) is 4.31 Å². The van der Waals surface area contributed by atoms with E-state index in [-0.39, 0.29) is 30.5 Å². The Kier molecular flexibility index (Phi) is 8.73. The normalized spacial score (nSPS) is 18.9. The van der Waals surface area contributed by atoms with Gasteiger partial charge in [0.2, 0.25) is 10.0 Å². The zero-order valence-electron chi connectivity index (χ0n) is 21.6. The summed E-state index contributed by atoms with van der Waals surface area (Å²) in [6.07, 6.45) is 1.75.